The highest BCUT2D eigenvalue weighted by atomic mass is 28.5. The van der Waals surface area contributed by atoms with Gasteiger partial charge in [-0.2, -0.15) is 0 Å². The van der Waals surface area contributed by atoms with Gasteiger partial charge in [-0.1, -0.05) is 26.3 Å². The standard InChI is InChI=1S/C22H49NO5Si3/c1-12-13-16-29(6,7)27-31(10,11)28-30(8,9)17-14-15-25-19-21(18-23(4)5)26-22(24)20(2)3/h21H,2,12-19H2,1,3-11H3. The van der Waals surface area contributed by atoms with Gasteiger partial charge in [-0.15, -0.1) is 0 Å². The van der Waals surface area contributed by atoms with Crippen molar-refractivity contribution in [1.29, 1.82) is 0 Å². The smallest absolute Gasteiger partial charge is 0.333 e. The van der Waals surface area contributed by atoms with E-state index in [0.29, 0.717) is 25.3 Å². The lowest BCUT2D eigenvalue weighted by atomic mass is 10.3. The minimum Gasteiger partial charge on any atom is -0.455 e. The minimum atomic E-state index is -2.15. The monoisotopic (exact) mass is 491 g/mol. The van der Waals surface area contributed by atoms with Gasteiger partial charge in [0.2, 0.25) is 0 Å². The molecule has 0 aromatic rings. The number of hydrogen-bond acceptors (Lipinski definition) is 6. The van der Waals surface area contributed by atoms with E-state index in [0.717, 1.165) is 12.5 Å². The topological polar surface area (TPSA) is 57.2 Å². The number of nitrogens with zero attached hydrogens (tertiary/aromatic N) is 1. The summed E-state index contributed by atoms with van der Waals surface area (Å²) in [6.45, 7) is 22.7. The third-order valence-corrected chi connectivity index (χ3v) is 16.2. The molecule has 1 atom stereocenters. The fourth-order valence-electron chi connectivity index (χ4n) is 3.65. The van der Waals surface area contributed by atoms with Crippen LogP contribution in [0.5, 0.6) is 0 Å². The van der Waals surface area contributed by atoms with Crippen LogP contribution in [0.4, 0.5) is 0 Å². The Kier molecular flexibility index (Phi) is 13.9. The van der Waals surface area contributed by atoms with E-state index in [-0.39, 0.29) is 12.1 Å². The fraction of sp³-hybridized carbons (Fsp3) is 0.864. The van der Waals surface area contributed by atoms with Crippen LogP contribution in [0.25, 0.3) is 0 Å². The van der Waals surface area contributed by atoms with Gasteiger partial charge in [0.25, 0.3) is 0 Å². The summed E-state index contributed by atoms with van der Waals surface area (Å²) in [5.74, 6) is -0.366. The molecular weight excluding hydrogens is 443 g/mol. The molecule has 9 heteroatoms. The maximum atomic E-state index is 11.8. The second-order valence-electron chi connectivity index (χ2n) is 10.5. The number of unbranched alkanes of at least 4 members (excludes halogenated alkanes) is 1. The van der Waals surface area contributed by atoms with Gasteiger partial charge in [0.05, 0.1) is 6.61 Å². The van der Waals surface area contributed by atoms with Crippen molar-refractivity contribution in [2.24, 2.45) is 0 Å². The molecule has 0 aliphatic rings. The molecule has 0 aliphatic carbocycles. The summed E-state index contributed by atoms with van der Waals surface area (Å²) < 4.78 is 24.6. The molecule has 0 saturated carbocycles. The second-order valence-corrected chi connectivity index (χ2v) is 22.9. The fourth-order valence-corrected chi connectivity index (χ4v) is 17.9. The quantitative estimate of drug-likeness (QED) is 0.118. The van der Waals surface area contributed by atoms with E-state index in [1.165, 1.54) is 18.9 Å². The summed E-state index contributed by atoms with van der Waals surface area (Å²) in [5, 5.41) is 0. The zero-order valence-electron chi connectivity index (χ0n) is 21.9. The first-order valence-corrected chi connectivity index (χ1v) is 20.6. The zero-order chi connectivity index (χ0) is 24.3. The molecule has 0 aromatic carbocycles. The third kappa shape index (κ3) is 16.0. The Morgan fingerprint density at radius 2 is 1.48 bits per heavy atom. The Morgan fingerprint density at radius 3 is 1.94 bits per heavy atom. The Hall–Kier alpha value is -0.299. The highest BCUT2D eigenvalue weighted by Gasteiger charge is 2.39. The number of carbonyl (C=O) groups is 1. The molecule has 0 aliphatic heterocycles. The Bertz CT molecular complexity index is 553. The van der Waals surface area contributed by atoms with Crippen molar-refractivity contribution in [2.45, 2.75) is 90.6 Å². The van der Waals surface area contributed by atoms with Gasteiger partial charge in [-0.3, -0.25) is 0 Å². The van der Waals surface area contributed by atoms with Crippen molar-refractivity contribution in [3.63, 3.8) is 0 Å². The lowest BCUT2D eigenvalue weighted by Crippen LogP contribution is -2.52. The molecule has 0 saturated heterocycles. The summed E-state index contributed by atoms with van der Waals surface area (Å²) in [6, 6.07) is 2.22. The van der Waals surface area contributed by atoms with Crippen LogP contribution in [0.2, 0.25) is 51.4 Å². The van der Waals surface area contributed by atoms with Gasteiger partial charge in [-0.05, 0) is 78.8 Å². The first kappa shape index (κ1) is 30.7. The molecule has 0 radical (unpaired) electrons. The van der Waals surface area contributed by atoms with Crippen molar-refractivity contribution in [3.05, 3.63) is 12.2 Å². The Labute approximate surface area is 195 Å². The first-order valence-electron chi connectivity index (χ1n) is 11.6. The largest absolute Gasteiger partial charge is 0.455 e. The summed E-state index contributed by atoms with van der Waals surface area (Å²) in [4.78, 5) is 13.8. The predicted molar refractivity (Wildman–Crippen MR) is 138 cm³/mol. The Morgan fingerprint density at radius 1 is 0.968 bits per heavy atom. The van der Waals surface area contributed by atoms with Gasteiger partial charge >= 0.3 is 14.5 Å². The Balaban J connectivity index is 4.48. The van der Waals surface area contributed by atoms with E-state index >= 15 is 0 Å². The lowest BCUT2D eigenvalue weighted by Gasteiger charge is -2.38. The highest BCUT2D eigenvalue weighted by Crippen LogP contribution is 2.26. The van der Waals surface area contributed by atoms with E-state index in [1.807, 2.05) is 19.0 Å². The first-order chi connectivity index (χ1) is 14.1. The van der Waals surface area contributed by atoms with E-state index in [2.05, 4.69) is 52.8 Å². The van der Waals surface area contributed by atoms with E-state index < -0.39 is 25.2 Å². The SMILES string of the molecule is C=C(C)C(=O)OC(COCCC[Si](C)(C)O[Si](C)(C)O[Si](C)(C)CCCC)CN(C)C. The normalized spacial score (nSPS) is 14.0. The zero-order valence-corrected chi connectivity index (χ0v) is 24.9. The van der Waals surface area contributed by atoms with Gasteiger partial charge in [0.1, 0.15) is 6.10 Å². The molecule has 184 valence electrons. The minimum absolute atomic E-state index is 0.296. The number of hydrogen-bond donors (Lipinski definition) is 0. The van der Waals surface area contributed by atoms with Gasteiger partial charge in [-0.25, -0.2) is 4.79 Å². The highest BCUT2D eigenvalue weighted by molar-refractivity contribution is 6.87. The maximum Gasteiger partial charge on any atom is 0.333 e. The van der Waals surface area contributed by atoms with Crippen LogP contribution in [-0.4, -0.2) is 76.0 Å². The van der Waals surface area contributed by atoms with Crippen molar-refractivity contribution < 1.29 is 22.5 Å². The lowest BCUT2D eigenvalue weighted by molar-refractivity contribution is -0.148. The van der Waals surface area contributed by atoms with Crippen LogP contribution in [-0.2, 0) is 22.5 Å². The van der Waals surface area contributed by atoms with Gasteiger partial charge in [0, 0.05) is 18.7 Å². The number of carbonyl (C=O) groups excluding carboxylic acids is 1. The summed E-state index contributed by atoms with van der Waals surface area (Å²) in [7, 11) is -1.75. The number of rotatable bonds is 17. The van der Waals surface area contributed by atoms with Crippen LogP contribution in [0.1, 0.15) is 33.1 Å². The second kappa shape index (κ2) is 14.1. The van der Waals surface area contributed by atoms with Crippen LogP contribution >= 0.6 is 0 Å². The molecule has 6 nitrogen and oxygen atoms in total. The molecule has 0 spiro atoms. The van der Waals surface area contributed by atoms with E-state index in [1.54, 1.807) is 6.92 Å². The average Bonchev–Trinajstić information content (AvgIpc) is 2.56. The molecule has 0 aromatic heterocycles. The summed E-state index contributed by atoms with van der Waals surface area (Å²) in [6.07, 6.45) is 3.09. The molecule has 0 N–H and O–H groups in total. The maximum absolute atomic E-state index is 11.8. The third-order valence-electron chi connectivity index (χ3n) is 4.74. The van der Waals surface area contributed by atoms with Crippen LogP contribution < -0.4 is 0 Å². The molecule has 1 unspecified atom stereocenters. The van der Waals surface area contributed by atoms with Crippen molar-refractivity contribution in [2.75, 3.05) is 33.9 Å². The molecule has 0 rings (SSSR count). The molecule has 31 heavy (non-hydrogen) atoms. The molecule has 0 heterocycles. The number of ether oxygens (including phenoxy) is 2. The molecular formula is C22H49NO5Si3. The van der Waals surface area contributed by atoms with E-state index in [9.17, 15) is 4.79 Å². The van der Waals surface area contributed by atoms with Crippen molar-refractivity contribution >= 4 is 31.2 Å². The van der Waals surface area contributed by atoms with Gasteiger partial charge in [0.15, 0.2) is 16.6 Å². The summed E-state index contributed by atoms with van der Waals surface area (Å²) >= 11 is 0. The molecule has 0 fully saturated rings. The van der Waals surface area contributed by atoms with Crippen LogP contribution in [0, 0.1) is 0 Å². The van der Waals surface area contributed by atoms with Crippen molar-refractivity contribution in [1.82, 2.24) is 4.90 Å². The predicted octanol–water partition coefficient (Wildman–Crippen LogP) is 5.39. The number of esters is 1. The van der Waals surface area contributed by atoms with E-state index in [4.69, 9.17) is 17.7 Å². The van der Waals surface area contributed by atoms with Gasteiger partial charge < -0.3 is 22.6 Å². The van der Waals surface area contributed by atoms with Crippen LogP contribution in [0.3, 0.4) is 0 Å². The molecule has 0 amide bonds. The summed E-state index contributed by atoms with van der Waals surface area (Å²) in [5.41, 5.74) is 0.406. The van der Waals surface area contributed by atoms with Crippen LogP contribution in [0.15, 0.2) is 12.2 Å². The van der Waals surface area contributed by atoms with Crippen molar-refractivity contribution in [3.8, 4) is 0 Å². The average molecular weight is 492 g/mol. The molecule has 0 bridgehead atoms. The number of likely N-dealkylation sites (N-methyl/N-ethyl adjacent to an activating group) is 1.